The van der Waals surface area contributed by atoms with E-state index in [-0.39, 0.29) is 30.2 Å². The number of hydrogen-bond acceptors (Lipinski definition) is 7. The smallest absolute Gasteiger partial charge is 0.273 e. The van der Waals surface area contributed by atoms with Crippen molar-refractivity contribution in [3.63, 3.8) is 0 Å². The number of nitro benzene ring substituents is 1. The Hall–Kier alpha value is -3.24. The van der Waals surface area contributed by atoms with Gasteiger partial charge in [0.05, 0.1) is 21.6 Å². The summed E-state index contributed by atoms with van der Waals surface area (Å²) in [5.74, 6) is -1.14. The number of rotatable bonds is 6. The summed E-state index contributed by atoms with van der Waals surface area (Å²) in [5, 5.41) is 23.0. The third-order valence-electron chi connectivity index (χ3n) is 4.28. The third-order valence-corrected chi connectivity index (χ3v) is 5.66. The van der Waals surface area contributed by atoms with Crippen LogP contribution in [0, 0.1) is 17.0 Å². The van der Waals surface area contributed by atoms with E-state index in [0.29, 0.717) is 9.23 Å². The number of benzene rings is 2. The summed E-state index contributed by atoms with van der Waals surface area (Å²) in [5.41, 5.74) is 1.76. The van der Waals surface area contributed by atoms with Crippen LogP contribution in [-0.2, 0) is 9.59 Å². The molecule has 1 heterocycles. The van der Waals surface area contributed by atoms with Gasteiger partial charge in [-0.2, -0.15) is 0 Å². The van der Waals surface area contributed by atoms with Crippen molar-refractivity contribution in [2.24, 2.45) is 0 Å². The van der Waals surface area contributed by atoms with Gasteiger partial charge in [0.1, 0.15) is 10.1 Å². The van der Waals surface area contributed by atoms with Gasteiger partial charge in [-0.05, 0) is 24.6 Å². The molecule has 0 radical (unpaired) electrons. The van der Waals surface area contributed by atoms with Crippen LogP contribution >= 0.6 is 24.0 Å². The largest absolute Gasteiger partial charge is 0.506 e. The van der Waals surface area contributed by atoms with Gasteiger partial charge in [-0.3, -0.25) is 24.6 Å². The molecule has 2 aromatic rings. The number of hydrogen-bond donors (Lipinski definition) is 2. The molecule has 2 N–H and O–H groups in total. The van der Waals surface area contributed by atoms with Gasteiger partial charge in [0.25, 0.3) is 11.6 Å². The molecular weight excluding hydrogens is 426 g/mol. The van der Waals surface area contributed by atoms with Gasteiger partial charge in [-0.25, -0.2) is 0 Å². The van der Waals surface area contributed by atoms with Crippen molar-refractivity contribution in [3.05, 3.63) is 68.6 Å². The van der Waals surface area contributed by atoms with Gasteiger partial charge in [0.2, 0.25) is 5.91 Å². The predicted octanol–water partition coefficient (Wildman–Crippen LogP) is 3.84. The van der Waals surface area contributed by atoms with Crippen LogP contribution < -0.4 is 5.32 Å². The van der Waals surface area contributed by atoms with E-state index in [2.05, 4.69) is 5.32 Å². The summed E-state index contributed by atoms with van der Waals surface area (Å²) in [6.07, 6.45) is 1.70. The Bertz CT molecular complexity index is 1070. The number of nitro groups is 1. The van der Waals surface area contributed by atoms with E-state index in [4.69, 9.17) is 12.2 Å². The second-order valence-corrected chi connectivity index (χ2v) is 8.18. The highest BCUT2D eigenvalue weighted by atomic mass is 32.2. The number of aromatic hydroxyl groups is 1. The summed E-state index contributed by atoms with van der Waals surface area (Å²) in [7, 11) is 0. The molecule has 1 fully saturated rings. The Labute approximate surface area is 181 Å². The van der Waals surface area contributed by atoms with Crippen LogP contribution in [0.2, 0.25) is 0 Å². The minimum absolute atomic E-state index is 0.0512. The number of nitrogens with one attached hydrogen (secondary N) is 1. The van der Waals surface area contributed by atoms with Crippen molar-refractivity contribution in [2.45, 2.75) is 13.3 Å². The molecule has 0 atom stereocenters. The number of anilines is 1. The number of phenolic OH excluding ortho intramolecular Hbond substituents is 1. The minimum atomic E-state index is -0.648. The van der Waals surface area contributed by atoms with Crippen molar-refractivity contribution in [1.82, 2.24) is 4.90 Å². The number of amides is 2. The Morgan fingerprint density at radius 3 is 2.63 bits per heavy atom. The Kier molecular flexibility index (Phi) is 6.48. The molecule has 1 saturated heterocycles. The lowest BCUT2D eigenvalue weighted by atomic mass is 10.1. The lowest BCUT2D eigenvalue weighted by Crippen LogP contribution is -2.31. The first-order chi connectivity index (χ1) is 14.2. The van der Waals surface area contributed by atoms with Crippen LogP contribution in [0.3, 0.4) is 0 Å². The molecule has 30 heavy (non-hydrogen) atoms. The molecule has 0 unspecified atom stereocenters. The maximum atomic E-state index is 12.6. The Morgan fingerprint density at radius 2 is 2.00 bits per heavy atom. The number of carbonyl (C=O) groups excluding carboxylic acids is 2. The van der Waals surface area contributed by atoms with E-state index < -0.39 is 16.6 Å². The van der Waals surface area contributed by atoms with Crippen LogP contribution in [0.15, 0.2) is 47.4 Å². The number of thioether (sulfide) groups is 1. The standard InChI is InChI=1S/C20H17N3O5S2/c1-12-2-4-13(5-3-12)10-17-19(26)22(20(29)30-17)9-8-18(25)21-15-7-6-14(23(27)28)11-16(15)24/h2-7,10-11,24H,8-9H2,1H3,(H,21,25). The molecule has 2 aromatic carbocycles. The molecule has 0 aromatic heterocycles. The molecule has 0 saturated carbocycles. The van der Waals surface area contributed by atoms with Gasteiger partial charge < -0.3 is 10.4 Å². The van der Waals surface area contributed by atoms with Gasteiger partial charge in [0, 0.05) is 19.0 Å². The van der Waals surface area contributed by atoms with Crippen LogP contribution in [0.4, 0.5) is 11.4 Å². The molecule has 3 rings (SSSR count). The van der Waals surface area contributed by atoms with E-state index >= 15 is 0 Å². The molecule has 0 bridgehead atoms. The van der Waals surface area contributed by atoms with Crippen LogP contribution in [0.25, 0.3) is 6.08 Å². The van der Waals surface area contributed by atoms with E-state index in [1.54, 1.807) is 6.08 Å². The summed E-state index contributed by atoms with van der Waals surface area (Å²) >= 11 is 6.44. The summed E-state index contributed by atoms with van der Waals surface area (Å²) in [6, 6.07) is 11.1. The third kappa shape index (κ3) is 5.02. The lowest BCUT2D eigenvalue weighted by Gasteiger charge is -2.14. The van der Waals surface area contributed by atoms with E-state index in [9.17, 15) is 24.8 Å². The zero-order valence-electron chi connectivity index (χ0n) is 15.8. The molecule has 0 aliphatic carbocycles. The monoisotopic (exact) mass is 443 g/mol. The maximum Gasteiger partial charge on any atom is 0.273 e. The molecule has 154 valence electrons. The Morgan fingerprint density at radius 1 is 1.30 bits per heavy atom. The fourth-order valence-corrected chi connectivity index (χ4v) is 3.98. The van der Waals surface area contributed by atoms with Crippen LogP contribution in [0.5, 0.6) is 5.75 Å². The highest BCUT2D eigenvalue weighted by Gasteiger charge is 2.32. The molecule has 2 amide bonds. The number of non-ortho nitro benzene ring substituents is 1. The number of nitrogens with zero attached hydrogens (tertiary/aromatic N) is 2. The zero-order chi connectivity index (χ0) is 21.8. The number of aryl methyl sites for hydroxylation is 1. The second kappa shape index (κ2) is 9.06. The zero-order valence-corrected chi connectivity index (χ0v) is 17.5. The van der Waals surface area contributed by atoms with Crippen molar-refractivity contribution in [3.8, 4) is 5.75 Å². The van der Waals surface area contributed by atoms with Gasteiger partial charge in [-0.1, -0.05) is 53.8 Å². The quantitative estimate of drug-likeness (QED) is 0.229. The lowest BCUT2D eigenvalue weighted by molar-refractivity contribution is -0.384. The molecule has 8 nitrogen and oxygen atoms in total. The number of thiocarbonyl (C=S) groups is 1. The summed E-state index contributed by atoms with van der Waals surface area (Å²) in [4.78, 5) is 36.7. The first-order valence-corrected chi connectivity index (χ1v) is 10.1. The average Bonchev–Trinajstić information content (AvgIpc) is 2.96. The molecule has 1 aliphatic rings. The normalized spacial score (nSPS) is 15.0. The van der Waals surface area contributed by atoms with Gasteiger partial charge in [-0.15, -0.1) is 0 Å². The highest BCUT2D eigenvalue weighted by molar-refractivity contribution is 8.26. The van der Waals surface area contributed by atoms with Gasteiger partial charge >= 0.3 is 0 Å². The predicted molar refractivity (Wildman–Crippen MR) is 119 cm³/mol. The molecule has 1 aliphatic heterocycles. The number of carbonyl (C=O) groups is 2. The van der Waals surface area contributed by atoms with Crippen LogP contribution in [0.1, 0.15) is 17.5 Å². The van der Waals surface area contributed by atoms with E-state index in [1.807, 2.05) is 31.2 Å². The van der Waals surface area contributed by atoms with Crippen molar-refractivity contribution in [1.29, 1.82) is 0 Å². The topological polar surface area (TPSA) is 113 Å². The van der Waals surface area contributed by atoms with Crippen LogP contribution in [-0.4, -0.2) is 37.6 Å². The van der Waals surface area contributed by atoms with E-state index in [1.165, 1.54) is 28.8 Å². The highest BCUT2D eigenvalue weighted by Crippen LogP contribution is 2.33. The first kappa shape index (κ1) is 21.5. The van der Waals surface area contributed by atoms with Crippen molar-refractivity contribution in [2.75, 3.05) is 11.9 Å². The maximum absolute atomic E-state index is 12.6. The van der Waals surface area contributed by atoms with E-state index in [0.717, 1.165) is 17.2 Å². The summed E-state index contributed by atoms with van der Waals surface area (Å²) in [6.45, 7) is 2.06. The first-order valence-electron chi connectivity index (χ1n) is 8.84. The average molecular weight is 444 g/mol. The molecular formula is C20H17N3O5S2. The summed E-state index contributed by atoms with van der Waals surface area (Å²) < 4.78 is 0.365. The SMILES string of the molecule is Cc1ccc(C=C2SC(=S)N(CCC(=O)Nc3ccc([N+](=O)[O-])cc3O)C2=O)cc1. The van der Waals surface area contributed by atoms with Crippen molar-refractivity contribution < 1.29 is 19.6 Å². The number of phenols is 1. The Balaban J connectivity index is 1.60. The molecule has 10 heteroatoms. The van der Waals surface area contributed by atoms with Crippen molar-refractivity contribution >= 4 is 57.6 Å². The minimum Gasteiger partial charge on any atom is -0.506 e. The second-order valence-electron chi connectivity index (χ2n) is 6.50. The van der Waals surface area contributed by atoms with Gasteiger partial charge in [0.15, 0.2) is 0 Å². The molecule has 0 spiro atoms. The fraction of sp³-hybridized carbons (Fsp3) is 0.150. The fourth-order valence-electron chi connectivity index (χ4n) is 2.67.